The first-order valence-corrected chi connectivity index (χ1v) is 12.1. The van der Waals surface area contributed by atoms with Crippen molar-refractivity contribution in [3.8, 4) is 0 Å². The highest BCUT2D eigenvalue weighted by atomic mass is 16.7. The van der Waals surface area contributed by atoms with E-state index in [1.165, 1.54) is 0 Å². The van der Waals surface area contributed by atoms with E-state index in [-0.39, 0.29) is 30.6 Å². The van der Waals surface area contributed by atoms with Crippen LogP contribution < -0.4 is 0 Å². The van der Waals surface area contributed by atoms with Crippen molar-refractivity contribution >= 4 is 17.7 Å². The lowest BCUT2D eigenvalue weighted by molar-refractivity contribution is -0.187. The summed E-state index contributed by atoms with van der Waals surface area (Å²) >= 11 is 0. The number of aryl methyl sites for hydroxylation is 1. The highest BCUT2D eigenvalue weighted by molar-refractivity contribution is 5.94. The average molecular weight is 460 g/mol. The van der Waals surface area contributed by atoms with Crippen LogP contribution in [0.1, 0.15) is 60.3 Å². The largest absolute Gasteiger partial charge is 0.347 e. The van der Waals surface area contributed by atoms with Crippen molar-refractivity contribution in [1.82, 2.24) is 24.5 Å². The molecule has 0 bridgehead atoms. The van der Waals surface area contributed by atoms with Gasteiger partial charge in [-0.2, -0.15) is 5.10 Å². The van der Waals surface area contributed by atoms with Gasteiger partial charge >= 0.3 is 0 Å². The second kappa shape index (κ2) is 9.06. The van der Waals surface area contributed by atoms with E-state index in [9.17, 15) is 14.4 Å². The van der Waals surface area contributed by atoms with Gasteiger partial charge in [0.25, 0.3) is 5.91 Å². The van der Waals surface area contributed by atoms with E-state index in [4.69, 9.17) is 9.47 Å². The molecule has 180 valence electrons. The zero-order valence-electron chi connectivity index (χ0n) is 19.4. The number of rotatable bonds is 4. The Bertz CT molecular complexity index is 922. The molecule has 0 unspecified atom stereocenters. The summed E-state index contributed by atoms with van der Waals surface area (Å²) in [5, 5.41) is 4.50. The van der Waals surface area contributed by atoms with Crippen molar-refractivity contribution in [3.05, 3.63) is 17.0 Å². The van der Waals surface area contributed by atoms with E-state index >= 15 is 0 Å². The SMILES string of the molecule is Cn1nc(C(=O)N2CCCC2)c2c1CCN(C(=O)CCC(=O)N1CCC3(CC1)OCCO3)C2. The Labute approximate surface area is 193 Å². The Balaban J connectivity index is 1.16. The molecule has 0 N–H and O–H groups in total. The van der Waals surface area contributed by atoms with E-state index in [1.807, 2.05) is 16.8 Å². The predicted molar refractivity (Wildman–Crippen MR) is 117 cm³/mol. The van der Waals surface area contributed by atoms with Gasteiger partial charge in [0.15, 0.2) is 11.5 Å². The summed E-state index contributed by atoms with van der Waals surface area (Å²) in [5.41, 5.74) is 2.36. The summed E-state index contributed by atoms with van der Waals surface area (Å²) in [6, 6.07) is 0. The van der Waals surface area contributed by atoms with Crippen LogP contribution in [-0.2, 0) is 39.1 Å². The molecule has 0 saturated carbocycles. The first-order chi connectivity index (χ1) is 16.0. The summed E-state index contributed by atoms with van der Waals surface area (Å²) in [5.74, 6) is -0.591. The Hall–Kier alpha value is -2.46. The van der Waals surface area contributed by atoms with Crippen molar-refractivity contribution in [2.24, 2.45) is 7.05 Å². The van der Waals surface area contributed by atoms with E-state index in [1.54, 1.807) is 9.58 Å². The molecule has 10 heteroatoms. The molecule has 3 saturated heterocycles. The molecule has 10 nitrogen and oxygen atoms in total. The van der Waals surface area contributed by atoms with Crippen molar-refractivity contribution in [1.29, 1.82) is 0 Å². The van der Waals surface area contributed by atoms with Gasteiger partial charge in [0.1, 0.15) is 0 Å². The van der Waals surface area contributed by atoms with Gasteiger partial charge < -0.3 is 24.2 Å². The van der Waals surface area contributed by atoms with Gasteiger partial charge in [0, 0.05) is 89.7 Å². The maximum Gasteiger partial charge on any atom is 0.274 e. The number of aromatic nitrogens is 2. The Morgan fingerprint density at radius 1 is 0.879 bits per heavy atom. The molecule has 0 atom stereocenters. The Kier molecular flexibility index (Phi) is 6.13. The molecular weight excluding hydrogens is 426 g/mol. The minimum atomic E-state index is -0.508. The maximum atomic E-state index is 13.0. The molecule has 4 aliphatic rings. The third-order valence-corrected chi connectivity index (χ3v) is 7.44. The first-order valence-electron chi connectivity index (χ1n) is 12.1. The van der Waals surface area contributed by atoms with Crippen molar-refractivity contribution in [2.45, 2.75) is 57.3 Å². The molecule has 0 aliphatic carbocycles. The van der Waals surface area contributed by atoms with Crippen LogP contribution in [-0.4, -0.2) is 93.9 Å². The highest BCUT2D eigenvalue weighted by Crippen LogP contribution is 2.31. The molecule has 0 aromatic carbocycles. The maximum absolute atomic E-state index is 13.0. The van der Waals surface area contributed by atoms with Crippen LogP contribution in [0.3, 0.4) is 0 Å². The number of carbonyl (C=O) groups excluding carboxylic acids is 3. The predicted octanol–water partition coefficient (Wildman–Crippen LogP) is 0.687. The fourth-order valence-electron chi connectivity index (χ4n) is 5.46. The number of carbonyl (C=O) groups is 3. The number of fused-ring (bicyclic) bond motifs is 1. The number of piperidine rings is 1. The summed E-state index contributed by atoms with van der Waals surface area (Å²) in [7, 11) is 1.86. The van der Waals surface area contributed by atoms with E-state index in [2.05, 4.69) is 5.10 Å². The first kappa shape index (κ1) is 22.3. The van der Waals surface area contributed by atoms with Crippen molar-refractivity contribution in [3.63, 3.8) is 0 Å². The third-order valence-electron chi connectivity index (χ3n) is 7.44. The molecule has 0 radical (unpaired) electrons. The molecule has 1 aromatic heterocycles. The van der Waals surface area contributed by atoms with Gasteiger partial charge in [-0.05, 0) is 12.8 Å². The van der Waals surface area contributed by atoms with Crippen LogP contribution in [0.15, 0.2) is 0 Å². The second-order valence-corrected chi connectivity index (χ2v) is 9.45. The van der Waals surface area contributed by atoms with Crippen LogP contribution in [0.25, 0.3) is 0 Å². The zero-order chi connectivity index (χ0) is 23.0. The summed E-state index contributed by atoms with van der Waals surface area (Å²) in [6.45, 7) is 4.92. The molecule has 3 fully saturated rings. The molecular formula is C23H33N5O5. The Morgan fingerprint density at radius 2 is 1.52 bits per heavy atom. The number of nitrogens with zero attached hydrogens (tertiary/aromatic N) is 5. The number of ether oxygens (including phenoxy) is 2. The van der Waals surface area contributed by atoms with Crippen LogP contribution in [0.5, 0.6) is 0 Å². The van der Waals surface area contributed by atoms with Crippen molar-refractivity contribution < 1.29 is 23.9 Å². The van der Waals surface area contributed by atoms with Crippen LogP contribution in [0.4, 0.5) is 0 Å². The molecule has 4 aliphatic heterocycles. The fourth-order valence-corrected chi connectivity index (χ4v) is 5.46. The smallest absolute Gasteiger partial charge is 0.274 e. The lowest BCUT2D eigenvalue weighted by Crippen LogP contribution is -2.47. The van der Waals surface area contributed by atoms with Gasteiger partial charge in [0.2, 0.25) is 11.8 Å². The quantitative estimate of drug-likeness (QED) is 0.657. The number of likely N-dealkylation sites (tertiary alicyclic amines) is 2. The summed E-state index contributed by atoms with van der Waals surface area (Å²) < 4.78 is 13.2. The number of hydrogen-bond donors (Lipinski definition) is 0. The minimum absolute atomic E-state index is 0.000161. The average Bonchev–Trinajstić information content (AvgIpc) is 3.59. The topological polar surface area (TPSA) is 97.2 Å². The fraction of sp³-hybridized carbons (Fsp3) is 0.739. The lowest BCUT2D eigenvalue weighted by atomic mass is 10.0. The van der Waals surface area contributed by atoms with Gasteiger partial charge in [-0.1, -0.05) is 0 Å². The van der Waals surface area contributed by atoms with Gasteiger partial charge in [-0.3, -0.25) is 19.1 Å². The van der Waals surface area contributed by atoms with E-state index < -0.39 is 5.79 Å². The normalized spacial score (nSPS) is 22.2. The molecule has 3 amide bonds. The molecule has 1 aromatic rings. The minimum Gasteiger partial charge on any atom is -0.347 e. The van der Waals surface area contributed by atoms with Gasteiger partial charge in [-0.15, -0.1) is 0 Å². The van der Waals surface area contributed by atoms with E-state index in [0.29, 0.717) is 64.3 Å². The van der Waals surface area contributed by atoms with Crippen LogP contribution in [0.2, 0.25) is 0 Å². The zero-order valence-corrected chi connectivity index (χ0v) is 19.4. The van der Waals surface area contributed by atoms with Gasteiger partial charge in [0.05, 0.1) is 13.2 Å². The number of hydrogen-bond acceptors (Lipinski definition) is 6. The van der Waals surface area contributed by atoms with E-state index in [0.717, 1.165) is 37.2 Å². The molecule has 5 heterocycles. The monoisotopic (exact) mass is 459 g/mol. The molecule has 5 rings (SSSR count). The van der Waals surface area contributed by atoms with Crippen molar-refractivity contribution in [2.75, 3.05) is 45.9 Å². The second-order valence-electron chi connectivity index (χ2n) is 9.45. The summed E-state index contributed by atoms with van der Waals surface area (Å²) in [4.78, 5) is 44.0. The van der Waals surface area contributed by atoms with Crippen LogP contribution in [0, 0.1) is 0 Å². The summed E-state index contributed by atoms with van der Waals surface area (Å²) in [6.07, 6.45) is 4.45. The highest BCUT2D eigenvalue weighted by Gasteiger charge is 2.40. The lowest BCUT2D eigenvalue weighted by Gasteiger charge is -2.37. The molecule has 33 heavy (non-hydrogen) atoms. The molecule has 1 spiro atoms. The van der Waals surface area contributed by atoms with Gasteiger partial charge in [-0.25, -0.2) is 0 Å². The Morgan fingerprint density at radius 3 is 2.18 bits per heavy atom. The third kappa shape index (κ3) is 4.38. The van der Waals surface area contributed by atoms with Crippen LogP contribution >= 0.6 is 0 Å². The number of amides is 3. The standard InChI is InChI=1S/C23H33N5O5/c1-25-18-6-11-28(16-17(18)21(24-25)22(31)27-9-2-3-10-27)20(30)5-4-19(29)26-12-7-23(8-13-26)32-14-15-33-23/h2-16H2,1H3.